The summed E-state index contributed by atoms with van der Waals surface area (Å²) in [5.74, 6) is 0.717. The number of carboxylic acids is 1. The zero-order valence-corrected chi connectivity index (χ0v) is 13.1. The van der Waals surface area contributed by atoms with Crippen molar-refractivity contribution in [3.05, 3.63) is 59.2 Å². The zero-order valence-electron chi connectivity index (χ0n) is 13.1. The van der Waals surface area contributed by atoms with Gasteiger partial charge in [-0.2, -0.15) is 0 Å². The maximum absolute atomic E-state index is 11.0. The van der Waals surface area contributed by atoms with E-state index in [4.69, 9.17) is 14.6 Å². The van der Waals surface area contributed by atoms with Gasteiger partial charge in [-0.25, -0.2) is 0 Å². The highest BCUT2D eigenvalue weighted by atomic mass is 16.5. The molecule has 0 spiro atoms. The van der Waals surface area contributed by atoms with E-state index >= 15 is 0 Å². The monoisotopic (exact) mass is 312 g/mol. The Hall–Kier alpha value is -2.49. The van der Waals surface area contributed by atoms with Crippen molar-refractivity contribution in [1.29, 1.82) is 0 Å². The number of hydrogen-bond donors (Lipinski definition) is 1. The van der Waals surface area contributed by atoms with Crippen LogP contribution in [0.25, 0.3) is 0 Å². The van der Waals surface area contributed by atoms with Gasteiger partial charge >= 0.3 is 5.97 Å². The molecule has 0 saturated carbocycles. The van der Waals surface area contributed by atoms with E-state index in [0.29, 0.717) is 13.2 Å². The van der Waals surface area contributed by atoms with E-state index in [-0.39, 0.29) is 12.3 Å². The van der Waals surface area contributed by atoms with Crippen molar-refractivity contribution in [2.24, 2.45) is 0 Å². The molecule has 0 bridgehead atoms. The van der Waals surface area contributed by atoms with Crippen LogP contribution in [0.2, 0.25) is 0 Å². The largest absolute Gasteiger partial charge is 0.493 e. The lowest BCUT2D eigenvalue weighted by Gasteiger charge is -2.25. The summed E-state index contributed by atoms with van der Waals surface area (Å²) in [6.07, 6.45) is 0.878. The van der Waals surface area contributed by atoms with Crippen LogP contribution >= 0.6 is 0 Å². The molecule has 0 radical (unpaired) electrons. The van der Waals surface area contributed by atoms with Crippen LogP contribution in [-0.4, -0.2) is 17.7 Å². The van der Waals surface area contributed by atoms with Crippen molar-refractivity contribution in [2.45, 2.75) is 32.3 Å². The van der Waals surface area contributed by atoms with Crippen LogP contribution < -0.4 is 9.47 Å². The number of hydrogen-bond acceptors (Lipinski definition) is 3. The summed E-state index contributed by atoms with van der Waals surface area (Å²) < 4.78 is 11.5. The second-order valence-corrected chi connectivity index (χ2v) is 5.91. The summed E-state index contributed by atoms with van der Waals surface area (Å²) >= 11 is 0. The molecule has 4 nitrogen and oxygen atoms in total. The highest BCUT2D eigenvalue weighted by molar-refractivity contribution is 5.68. The maximum Gasteiger partial charge on any atom is 0.303 e. The number of aryl methyl sites for hydroxylation is 1. The number of rotatable bonds is 5. The van der Waals surface area contributed by atoms with E-state index in [9.17, 15) is 4.79 Å². The third-order valence-corrected chi connectivity index (χ3v) is 4.10. The molecule has 120 valence electrons. The van der Waals surface area contributed by atoms with E-state index in [1.54, 1.807) is 0 Å². The first-order valence-electron chi connectivity index (χ1n) is 7.79. The van der Waals surface area contributed by atoms with Crippen LogP contribution in [0.3, 0.4) is 0 Å². The Kier molecular flexibility index (Phi) is 4.51. The fourth-order valence-corrected chi connectivity index (χ4v) is 2.81. The summed E-state index contributed by atoms with van der Waals surface area (Å²) in [5, 5.41) is 9.01. The Bertz CT molecular complexity index is 691. The van der Waals surface area contributed by atoms with Crippen molar-refractivity contribution in [1.82, 2.24) is 0 Å². The molecule has 1 aliphatic rings. The van der Waals surface area contributed by atoms with Gasteiger partial charge in [0, 0.05) is 12.0 Å². The molecule has 1 N–H and O–H groups in total. The third kappa shape index (κ3) is 3.83. The third-order valence-electron chi connectivity index (χ3n) is 4.10. The molecule has 2 aromatic carbocycles. The van der Waals surface area contributed by atoms with Gasteiger partial charge in [0.1, 0.15) is 18.1 Å². The Labute approximate surface area is 135 Å². The molecular formula is C19H20O4. The number of benzene rings is 2. The van der Waals surface area contributed by atoms with Gasteiger partial charge in [-0.1, -0.05) is 35.9 Å². The predicted molar refractivity (Wildman–Crippen MR) is 87.1 cm³/mol. The molecule has 1 heterocycles. The van der Waals surface area contributed by atoms with Crippen LogP contribution in [0.1, 0.15) is 35.4 Å². The fraction of sp³-hybridized carbons (Fsp3) is 0.316. The van der Waals surface area contributed by atoms with Crippen LogP contribution in [0.4, 0.5) is 0 Å². The van der Waals surface area contributed by atoms with Crippen molar-refractivity contribution in [3.63, 3.8) is 0 Å². The lowest BCUT2D eigenvalue weighted by molar-refractivity contribution is -0.137. The Morgan fingerprint density at radius 1 is 1.26 bits per heavy atom. The Morgan fingerprint density at radius 3 is 2.78 bits per heavy atom. The molecule has 1 atom stereocenters. The average molecular weight is 312 g/mol. The van der Waals surface area contributed by atoms with Crippen molar-refractivity contribution in [3.8, 4) is 11.5 Å². The summed E-state index contributed by atoms with van der Waals surface area (Å²) in [7, 11) is 0. The standard InChI is InChI=1S/C19H20O4/c1-13-2-4-14(5-3-13)12-23-16-6-7-17-15(10-19(20)21)8-9-22-18(17)11-16/h2-7,11,15H,8-10,12H2,1H3,(H,20,21)/t15-/m0/s1. The highest BCUT2D eigenvalue weighted by Crippen LogP contribution is 2.38. The molecule has 0 unspecified atom stereocenters. The number of carbonyl (C=O) groups is 1. The normalized spacial score (nSPS) is 16.3. The Balaban J connectivity index is 1.70. The zero-order chi connectivity index (χ0) is 16.2. The summed E-state index contributed by atoms with van der Waals surface area (Å²) in [4.78, 5) is 11.0. The molecule has 23 heavy (non-hydrogen) atoms. The van der Waals surface area contributed by atoms with Crippen LogP contribution in [0.15, 0.2) is 42.5 Å². The average Bonchev–Trinajstić information content (AvgIpc) is 2.54. The van der Waals surface area contributed by atoms with E-state index in [0.717, 1.165) is 29.0 Å². The minimum absolute atomic E-state index is 0.0161. The maximum atomic E-state index is 11.0. The molecule has 0 saturated heterocycles. The van der Waals surface area contributed by atoms with Gasteiger partial charge in [0.2, 0.25) is 0 Å². The first kappa shape index (κ1) is 15.4. The second kappa shape index (κ2) is 6.73. The lowest BCUT2D eigenvalue weighted by Crippen LogP contribution is -2.17. The molecule has 3 rings (SSSR count). The van der Waals surface area contributed by atoms with Crippen molar-refractivity contribution >= 4 is 5.97 Å². The predicted octanol–water partition coefficient (Wildman–Crippen LogP) is 3.91. The van der Waals surface area contributed by atoms with Gasteiger partial charge in [-0.05, 0) is 30.5 Å². The van der Waals surface area contributed by atoms with Gasteiger partial charge in [-0.15, -0.1) is 0 Å². The molecule has 0 aromatic heterocycles. The molecule has 2 aromatic rings. The molecule has 1 aliphatic heterocycles. The minimum atomic E-state index is -0.775. The van der Waals surface area contributed by atoms with Gasteiger partial charge < -0.3 is 14.6 Å². The van der Waals surface area contributed by atoms with Crippen LogP contribution in [0, 0.1) is 6.92 Å². The lowest BCUT2D eigenvalue weighted by atomic mass is 9.90. The van der Waals surface area contributed by atoms with E-state index in [1.165, 1.54) is 5.56 Å². The number of carboxylic acid groups (broad SMARTS) is 1. The molecule has 4 heteroatoms. The highest BCUT2D eigenvalue weighted by Gasteiger charge is 2.24. The van der Waals surface area contributed by atoms with Crippen molar-refractivity contribution in [2.75, 3.05) is 6.61 Å². The van der Waals surface area contributed by atoms with E-state index in [1.807, 2.05) is 30.3 Å². The van der Waals surface area contributed by atoms with Gasteiger partial charge in [-0.3, -0.25) is 4.79 Å². The molecule has 0 aliphatic carbocycles. The van der Waals surface area contributed by atoms with Crippen LogP contribution in [-0.2, 0) is 11.4 Å². The first-order chi connectivity index (χ1) is 11.1. The minimum Gasteiger partial charge on any atom is -0.493 e. The molecule has 0 amide bonds. The van der Waals surface area contributed by atoms with Crippen molar-refractivity contribution < 1.29 is 19.4 Å². The summed E-state index contributed by atoms with van der Waals surface area (Å²) in [5.41, 5.74) is 3.29. The summed E-state index contributed by atoms with van der Waals surface area (Å²) in [6, 6.07) is 13.9. The molecular weight excluding hydrogens is 292 g/mol. The van der Waals surface area contributed by atoms with E-state index < -0.39 is 5.97 Å². The second-order valence-electron chi connectivity index (χ2n) is 5.91. The first-order valence-corrected chi connectivity index (χ1v) is 7.79. The Morgan fingerprint density at radius 2 is 2.04 bits per heavy atom. The molecule has 0 fully saturated rings. The van der Waals surface area contributed by atoms with Gasteiger partial charge in [0.05, 0.1) is 13.0 Å². The SMILES string of the molecule is Cc1ccc(COc2ccc3c(c2)OCC[C@H]3CC(=O)O)cc1. The van der Waals surface area contributed by atoms with E-state index in [2.05, 4.69) is 19.1 Å². The van der Waals surface area contributed by atoms with Crippen LogP contribution in [0.5, 0.6) is 11.5 Å². The van der Waals surface area contributed by atoms with Gasteiger partial charge in [0.15, 0.2) is 0 Å². The smallest absolute Gasteiger partial charge is 0.303 e. The fourth-order valence-electron chi connectivity index (χ4n) is 2.81. The summed E-state index contributed by atoms with van der Waals surface area (Å²) in [6.45, 7) is 3.10. The number of fused-ring (bicyclic) bond motifs is 1. The number of ether oxygens (including phenoxy) is 2. The van der Waals surface area contributed by atoms with Gasteiger partial charge in [0.25, 0.3) is 0 Å². The number of aliphatic carboxylic acids is 1. The quantitative estimate of drug-likeness (QED) is 0.909. The topological polar surface area (TPSA) is 55.8 Å².